The number of likely N-dealkylation sites (tertiary alicyclic amines) is 1. The first kappa shape index (κ1) is 19.5. The molecular formula is C19H37N3O3. The van der Waals surface area contributed by atoms with Gasteiger partial charge in [0.1, 0.15) is 0 Å². The summed E-state index contributed by atoms with van der Waals surface area (Å²) in [5, 5.41) is 10.2. The van der Waals surface area contributed by atoms with Crippen LogP contribution in [0.3, 0.4) is 0 Å². The molecule has 0 aromatic heterocycles. The zero-order valence-corrected chi connectivity index (χ0v) is 15.9. The highest BCUT2D eigenvalue weighted by Crippen LogP contribution is 2.17. The molecule has 6 nitrogen and oxygen atoms in total. The fourth-order valence-corrected chi connectivity index (χ4v) is 4.29. The van der Waals surface area contributed by atoms with Gasteiger partial charge in [-0.2, -0.15) is 0 Å². The lowest BCUT2D eigenvalue weighted by atomic mass is 10.0. The van der Waals surface area contributed by atoms with Crippen molar-refractivity contribution in [2.45, 2.75) is 50.4 Å². The number of piperazine rings is 1. The third kappa shape index (κ3) is 6.45. The average Bonchev–Trinajstić information content (AvgIpc) is 3.12. The number of rotatable bonds is 8. The molecule has 3 fully saturated rings. The number of β-amino-alcohol motifs (C(OH)–C–C–N with tert-alkyl or cyclic N) is 1. The van der Waals surface area contributed by atoms with Crippen molar-refractivity contribution in [3.05, 3.63) is 0 Å². The lowest BCUT2D eigenvalue weighted by Crippen LogP contribution is -2.53. The molecule has 3 unspecified atom stereocenters. The normalized spacial score (nSPS) is 31.4. The molecule has 1 N–H and O–H groups in total. The highest BCUT2D eigenvalue weighted by molar-refractivity contribution is 4.81. The summed E-state index contributed by atoms with van der Waals surface area (Å²) in [6.45, 7) is 9.44. The van der Waals surface area contributed by atoms with Gasteiger partial charge in [0.05, 0.1) is 25.4 Å². The third-order valence-corrected chi connectivity index (χ3v) is 5.96. The molecule has 3 saturated heterocycles. The topological polar surface area (TPSA) is 48.4 Å². The Balaban J connectivity index is 1.26. The molecule has 3 atom stereocenters. The Morgan fingerprint density at radius 1 is 1.04 bits per heavy atom. The van der Waals surface area contributed by atoms with E-state index in [1.165, 1.54) is 32.4 Å². The van der Waals surface area contributed by atoms with Gasteiger partial charge >= 0.3 is 0 Å². The molecule has 0 aromatic rings. The molecule has 0 saturated carbocycles. The van der Waals surface area contributed by atoms with Crippen molar-refractivity contribution in [1.82, 2.24) is 14.7 Å². The van der Waals surface area contributed by atoms with Crippen molar-refractivity contribution in [1.29, 1.82) is 0 Å². The van der Waals surface area contributed by atoms with E-state index in [0.717, 1.165) is 58.2 Å². The second-order valence-corrected chi connectivity index (χ2v) is 8.06. The first-order chi connectivity index (χ1) is 12.2. The zero-order valence-electron chi connectivity index (χ0n) is 15.9. The minimum Gasteiger partial charge on any atom is -0.389 e. The Labute approximate surface area is 153 Å². The molecular weight excluding hydrogens is 318 g/mol. The molecule has 0 aliphatic carbocycles. The minimum atomic E-state index is -0.391. The SMILES string of the molecule is CN1CCCCC1CN1CCN(CC(O)COCC2CCCO2)CC1. The predicted octanol–water partition coefficient (Wildman–Crippen LogP) is 0.645. The van der Waals surface area contributed by atoms with Gasteiger partial charge in [0.25, 0.3) is 0 Å². The molecule has 25 heavy (non-hydrogen) atoms. The third-order valence-electron chi connectivity index (χ3n) is 5.96. The van der Waals surface area contributed by atoms with Gasteiger partial charge in [-0.25, -0.2) is 0 Å². The van der Waals surface area contributed by atoms with Crippen LogP contribution in [0.2, 0.25) is 0 Å². The van der Waals surface area contributed by atoms with Gasteiger partial charge in [0.15, 0.2) is 0 Å². The second kappa shape index (κ2) is 10.2. The number of aliphatic hydroxyl groups excluding tert-OH is 1. The zero-order chi connectivity index (χ0) is 17.5. The van der Waals surface area contributed by atoms with Crippen LogP contribution in [0.5, 0.6) is 0 Å². The molecule has 0 amide bonds. The van der Waals surface area contributed by atoms with E-state index in [0.29, 0.717) is 13.2 Å². The maximum atomic E-state index is 10.2. The molecule has 3 rings (SSSR count). The molecule has 0 radical (unpaired) electrons. The van der Waals surface area contributed by atoms with Crippen molar-refractivity contribution in [2.24, 2.45) is 0 Å². The predicted molar refractivity (Wildman–Crippen MR) is 98.9 cm³/mol. The lowest BCUT2D eigenvalue weighted by Gasteiger charge is -2.40. The molecule has 0 aromatic carbocycles. The standard InChI is InChI=1S/C19H37N3O3/c1-20-7-3-2-5-17(20)13-21-8-10-22(11-9-21)14-18(23)15-24-16-19-6-4-12-25-19/h17-19,23H,2-16H2,1H3. The van der Waals surface area contributed by atoms with Crippen LogP contribution in [0.15, 0.2) is 0 Å². The monoisotopic (exact) mass is 355 g/mol. The van der Waals surface area contributed by atoms with Crippen LogP contribution in [0.1, 0.15) is 32.1 Å². The Kier molecular flexibility index (Phi) is 7.95. The fraction of sp³-hybridized carbons (Fsp3) is 1.00. The van der Waals surface area contributed by atoms with Crippen molar-refractivity contribution in [2.75, 3.05) is 72.7 Å². The Morgan fingerprint density at radius 3 is 2.56 bits per heavy atom. The van der Waals surface area contributed by atoms with Gasteiger partial charge in [-0.1, -0.05) is 6.42 Å². The van der Waals surface area contributed by atoms with Crippen LogP contribution in [0.25, 0.3) is 0 Å². The first-order valence-electron chi connectivity index (χ1n) is 10.2. The minimum absolute atomic E-state index is 0.244. The van der Waals surface area contributed by atoms with E-state index in [1.807, 2.05) is 0 Å². The van der Waals surface area contributed by atoms with Crippen molar-refractivity contribution in [3.63, 3.8) is 0 Å². The van der Waals surface area contributed by atoms with E-state index in [2.05, 4.69) is 21.7 Å². The van der Waals surface area contributed by atoms with Crippen LogP contribution < -0.4 is 0 Å². The summed E-state index contributed by atoms with van der Waals surface area (Å²) in [6.07, 6.45) is 6.16. The summed E-state index contributed by atoms with van der Waals surface area (Å²) in [6, 6.07) is 0.733. The van der Waals surface area contributed by atoms with Gasteiger partial charge in [-0.3, -0.25) is 9.80 Å². The quantitative estimate of drug-likeness (QED) is 0.690. The first-order valence-corrected chi connectivity index (χ1v) is 10.2. The number of ether oxygens (including phenoxy) is 2. The van der Waals surface area contributed by atoms with Gasteiger partial charge < -0.3 is 19.5 Å². The smallest absolute Gasteiger partial charge is 0.0900 e. The number of aliphatic hydroxyl groups is 1. The largest absolute Gasteiger partial charge is 0.389 e. The van der Waals surface area contributed by atoms with Crippen molar-refractivity contribution in [3.8, 4) is 0 Å². The Hall–Kier alpha value is -0.240. The maximum Gasteiger partial charge on any atom is 0.0900 e. The van der Waals surface area contributed by atoms with E-state index in [-0.39, 0.29) is 6.10 Å². The summed E-state index contributed by atoms with van der Waals surface area (Å²) < 4.78 is 11.2. The highest BCUT2D eigenvalue weighted by Gasteiger charge is 2.25. The number of hydrogen-bond acceptors (Lipinski definition) is 6. The van der Waals surface area contributed by atoms with Gasteiger partial charge in [0.2, 0.25) is 0 Å². The van der Waals surface area contributed by atoms with Crippen LogP contribution >= 0.6 is 0 Å². The second-order valence-electron chi connectivity index (χ2n) is 8.06. The van der Waals surface area contributed by atoms with E-state index >= 15 is 0 Å². The van der Waals surface area contributed by atoms with Crippen molar-refractivity contribution < 1.29 is 14.6 Å². The molecule has 0 bridgehead atoms. The van der Waals surface area contributed by atoms with Gasteiger partial charge in [-0.15, -0.1) is 0 Å². The number of hydrogen-bond donors (Lipinski definition) is 1. The van der Waals surface area contributed by atoms with Crippen LogP contribution in [0.4, 0.5) is 0 Å². The summed E-state index contributed by atoms with van der Waals surface area (Å²) >= 11 is 0. The molecule has 3 aliphatic heterocycles. The van der Waals surface area contributed by atoms with E-state index in [1.54, 1.807) is 0 Å². The molecule has 146 valence electrons. The van der Waals surface area contributed by atoms with E-state index < -0.39 is 6.10 Å². The number of likely N-dealkylation sites (N-methyl/N-ethyl adjacent to an activating group) is 1. The van der Waals surface area contributed by atoms with Crippen molar-refractivity contribution >= 4 is 0 Å². The fourth-order valence-electron chi connectivity index (χ4n) is 4.29. The number of nitrogens with zero attached hydrogens (tertiary/aromatic N) is 3. The highest BCUT2D eigenvalue weighted by atomic mass is 16.5. The Bertz CT molecular complexity index is 371. The summed E-state index contributed by atoms with van der Waals surface area (Å²) in [7, 11) is 2.27. The molecule has 3 heterocycles. The van der Waals surface area contributed by atoms with E-state index in [9.17, 15) is 5.11 Å². The average molecular weight is 356 g/mol. The summed E-state index contributed by atoms with van der Waals surface area (Å²) in [5.41, 5.74) is 0. The Morgan fingerprint density at radius 2 is 1.84 bits per heavy atom. The maximum absolute atomic E-state index is 10.2. The molecule has 6 heteroatoms. The van der Waals surface area contributed by atoms with E-state index in [4.69, 9.17) is 9.47 Å². The lowest BCUT2D eigenvalue weighted by molar-refractivity contribution is -0.0292. The molecule has 3 aliphatic rings. The van der Waals surface area contributed by atoms with Crippen LogP contribution in [-0.2, 0) is 9.47 Å². The number of piperidine rings is 1. The molecule has 0 spiro atoms. The summed E-state index contributed by atoms with van der Waals surface area (Å²) in [4.78, 5) is 7.51. The van der Waals surface area contributed by atoms with Gasteiger partial charge in [-0.05, 0) is 39.3 Å². The van der Waals surface area contributed by atoms with Crippen LogP contribution in [-0.4, -0.2) is 111 Å². The summed E-state index contributed by atoms with van der Waals surface area (Å²) in [5.74, 6) is 0. The van der Waals surface area contributed by atoms with Crippen LogP contribution in [0, 0.1) is 0 Å². The van der Waals surface area contributed by atoms with Gasteiger partial charge in [0, 0.05) is 51.9 Å².